The Bertz CT molecular complexity index is 795. The van der Waals surface area contributed by atoms with Gasteiger partial charge in [-0.15, -0.1) is 13.2 Å². The number of halogens is 3. The molecule has 0 N–H and O–H groups in total. The fraction of sp³-hybridized carbons (Fsp3) is 0.133. The molecule has 0 aliphatic carbocycles. The lowest BCUT2D eigenvalue weighted by Gasteiger charge is -2.08. The summed E-state index contributed by atoms with van der Waals surface area (Å²) >= 11 is 0. The summed E-state index contributed by atoms with van der Waals surface area (Å²) in [6, 6.07) is 11.2. The van der Waals surface area contributed by atoms with Crippen molar-refractivity contribution in [2.24, 2.45) is 4.99 Å². The predicted octanol–water partition coefficient (Wildman–Crippen LogP) is 3.74. The molecule has 0 radical (unpaired) electrons. The van der Waals surface area contributed by atoms with E-state index in [1.807, 2.05) is 0 Å². The number of hydrogen-bond acceptors (Lipinski definition) is 4. The molecule has 8 heteroatoms. The van der Waals surface area contributed by atoms with Crippen LogP contribution in [0.5, 0.6) is 5.75 Å². The Labute approximate surface area is 131 Å². The first kappa shape index (κ1) is 17.0. The van der Waals surface area contributed by atoms with Gasteiger partial charge in [0.2, 0.25) is 0 Å². The Morgan fingerprint density at radius 2 is 1.57 bits per heavy atom. The van der Waals surface area contributed by atoms with Gasteiger partial charge < -0.3 is 4.74 Å². The van der Waals surface area contributed by atoms with Gasteiger partial charge in [-0.25, -0.2) is 8.42 Å². The van der Waals surface area contributed by atoms with Crippen molar-refractivity contribution in [2.45, 2.75) is 11.3 Å². The molecule has 23 heavy (non-hydrogen) atoms. The summed E-state index contributed by atoms with van der Waals surface area (Å²) in [6.45, 7) is 0. The van der Waals surface area contributed by atoms with Gasteiger partial charge in [-0.3, -0.25) is 4.99 Å². The van der Waals surface area contributed by atoms with Crippen molar-refractivity contribution in [2.75, 3.05) is 6.26 Å². The van der Waals surface area contributed by atoms with E-state index in [1.165, 1.54) is 54.7 Å². The van der Waals surface area contributed by atoms with Crippen LogP contribution < -0.4 is 4.74 Å². The van der Waals surface area contributed by atoms with Gasteiger partial charge in [0.1, 0.15) is 5.75 Å². The van der Waals surface area contributed by atoms with Crippen LogP contribution >= 0.6 is 0 Å². The van der Waals surface area contributed by atoms with Gasteiger partial charge >= 0.3 is 6.36 Å². The standard InChI is InChI=1S/C15H12F3NO3S/c1-23(20,21)14-8-4-12(5-9-14)19-10-11-2-6-13(7-3-11)22-15(16,17)18/h2-10H,1H3. The van der Waals surface area contributed by atoms with Crippen LogP contribution in [0.1, 0.15) is 5.56 Å². The lowest BCUT2D eigenvalue weighted by atomic mass is 10.2. The van der Waals surface area contributed by atoms with Crippen molar-refractivity contribution in [1.29, 1.82) is 0 Å². The maximum absolute atomic E-state index is 12.0. The van der Waals surface area contributed by atoms with Gasteiger partial charge in [-0.2, -0.15) is 0 Å². The number of benzene rings is 2. The van der Waals surface area contributed by atoms with Gasteiger partial charge in [0.05, 0.1) is 10.6 Å². The summed E-state index contributed by atoms with van der Waals surface area (Å²) in [6.07, 6.45) is -2.17. The fourth-order valence-corrected chi connectivity index (χ4v) is 2.31. The molecule has 0 aliphatic rings. The number of nitrogens with zero attached hydrogens (tertiary/aromatic N) is 1. The molecule has 0 heterocycles. The largest absolute Gasteiger partial charge is 0.573 e. The Hall–Kier alpha value is -2.35. The van der Waals surface area contributed by atoms with Crippen molar-refractivity contribution < 1.29 is 26.3 Å². The van der Waals surface area contributed by atoms with Crippen LogP contribution in [0.15, 0.2) is 58.4 Å². The van der Waals surface area contributed by atoms with E-state index in [2.05, 4.69) is 9.73 Å². The van der Waals surface area contributed by atoms with Gasteiger partial charge in [-0.05, 0) is 54.1 Å². The van der Waals surface area contributed by atoms with Crippen LogP contribution in [0.25, 0.3) is 0 Å². The SMILES string of the molecule is CS(=O)(=O)c1ccc(N=Cc2ccc(OC(F)(F)F)cc2)cc1. The maximum Gasteiger partial charge on any atom is 0.573 e. The second-order valence-electron chi connectivity index (χ2n) is 4.64. The van der Waals surface area contributed by atoms with Crippen molar-refractivity contribution >= 4 is 21.7 Å². The molecule has 122 valence electrons. The molecule has 0 fully saturated rings. The molecule has 0 saturated heterocycles. The summed E-state index contributed by atoms with van der Waals surface area (Å²) in [5.41, 5.74) is 1.10. The smallest absolute Gasteiger partial charge is 0.406 e. The van der Waals surface area contributed by atoms with Crippen molar-refractivity contribution in [3.63, 3.8) is 0 Å². The summed E-state index contributed by atoms with van der Waals surface area (Å²) in [7, 11) is -3.26. The fourth-order valence-electron chi connectivity index (χ4n) is 1.68. The first-order valence-electron chi connectivity index (χ1n) is 6.33. The molecule has 0 aliphatic heterocycles. The molecule has 0 spiro atoms. The van der Waals surface area contributed by atoms with Crippen molar-refractivity contribution in [1.82, 2.24) is 0 Å². The third-order valence-electron chi connectivity index (χ3n) is 2.74. The van der Waals surface area contributed by atoms with Gasteiger partial charge in [0.25, 0.3) is 0 Å². The average Bonchev–Trinajstić information content (AvgIpc) is 2.44. The lowest BCUT2D eigenvalue weighted by Crippen LogP contribution is -2.16. The summed E-state index contributed by atoms with van der Waals surface area (Å²) in [4.78, 5) is 4.31. The number of alkyl halides is 3. The van der Waals surface area contributed by atoms with Crippen LogP contribution in [0.2, 0.25) is 0 Å². The second-order valence-corrected chi connectivity index (χ2v) is 6.66. The van der Waals surface area contributed by atoms with E-state index in [0.717, 1.165) is 6.26 Å². The molecule has 0 atom stereocenters. The molecule has 2 aromatic rings. The van der Waals surface area contributed by atoms with Gasteiger partial charge in [-0.1, -0.05) is 0 Å². The molecular formula is C15H12F3NO3S. The van der Waals surface area contributed by atoms with Crippen molar-refractivity contribution in [3.8, 4) is 5.75 Å². The van der Waals surface area contributed by atoms with Crippen LogP contribution in [-0.4, -0.2) is 27.3 Å². The minimum absolute atomic E-state index is 0.185. The maximum atomic E-state index is 12.0. The molecule has 0 saturated carbocycles. The van der Waals surface area contributed by atoms with Gasteiger partial charge in [0.15, 0.2) is 9.84 Å². The molecule has 4 nitrogen and oxygen atoms in total. The Morgan fingerprint density at radius 1 is 1.00 bits per heavy atom. The zero-order valence-electron chi connectivity index (χ0n) is 11.9. The normalized spacial score (nSPS) is 12.5. The predicted molar refractivity (Wildman–Crippen MR) is 79.9 cm³/mol. The molecule has 2 rings (SSSR count). The number of aliphatic imine (C=N–C) groups is 1. The highest BCUT2D eigenvalue weighted by Gasteiger charge is 2.30. The molecule has 0 amide bonds. The van der Waals surface area contributed by atoms with E-state index in [-0.39, 0.29) is 10.6 Å². The van der Waals surface area contributed by atoms with Gasteiger partial charge in [0, 0.05) is 12.5 Å². The van der Waals surface area contributed by atoms with E-state index >= 15 is 0 Å². The van der Waals surface area contributed by atoms with Crippen LogP contribution in [-0.2, 0) is 9.84 Å². The number of rotatable bonds is 4. The number of ether oxygens (including phenoxy) is 1. The molecule has 2 aromatic carbocycles. The van der Waals surface area contributed by atoms with Crippen LogP contribution in [0.4, 0.5) is 18.9 Å². The Kier molecular flexibility index (Phi) is 4.74. The zero-order chi connectivity index (χ0) is 17.1. The van der Waals surface area contributed by atoms with E-state index < -0.39 is 16.2 Å². The monoisotopic (exact) mass is 343 g/mol. The summed E-state index contributed by atoms with van der Waals surface area (Å²) in [5, 5.41) is 0. The third-order valence-corrected chi connectivity index (χ3v) is 3.87. The summed E-state index contributed by atoms with van der Waals surface area (Å²) in [5.74, 6) is -0.313. The highest BCUT2D eigenvalue weighted by Crippen LogP contribution is 2.22. The van der Waals surface area contributed by atoms with E-state index in [1.54, 1.807) is 0 Å². The first-order chi connectivity index (χ1) is 10.6. The van der Waals surface area contributed by atoms with E-state index in [4.69, 9.17) is 0 Å². The second kappa shape index (κ2) is 6.41. The Morgan fingerprint density at radius 3 is 2.04 bits per heavy atom. The highest BCUT2D eigenvalue weighted by molar-refractivity contribution is 7.90. The third kappa shape index (κ3) is 5.41. The Balaban J connectivity index is 2.08. The minimum atomic E-state index is -4.73. The number of sulfone groups is 1. The molecular weight excluding hydrogens is 331 g/mol. The van der Waals surface area contributed by atoms with Crippen molar-refractivity contribution in [3.05, 3.63) is 54.1 Å². The molecule has 0 unspecified atom stereocenters. The first-order valence-corrected chi connectivity index (χ1v) is 8.23. The molecule has 0 aromatic heterocycles. The topological polar surface area (TPSA) is 55.7 Å². The zero-order valence-corrected chi connectivity index (χ0v) is 12.7. The average molecular weight is 343 g/mol. The quantitative estimate of drug-likeness (QED) is 0.795. The lowest BCUT2D eigenvalue weighted by molar-refractivity contribution is -0.274. The number of hydrogen-bond donors (Lipinski definition) is 0. The van der Waals surface area contributed by atoms with E-state index in [0.29, 0.717) is 11.3 Å². The van der Waals surface area contributed by atoms with Crippen LogP contribution in [0, 0.1) is 0 Å². The van der Waals surface area contributed by atoms with E-state index in [9.17, 15) is 21.6 Å². The minimum Gasteiger partial charge on any atom is -0.406 e. The molecule has 0 bridgehead atoms. The summed E-state index contributed by atoms with van der Waals surface area (Å²) < 4.78 is 62.5. The van der Waals surface area contributed by atoms with Crippen LogP contribution in [0.3, 0.4) is 0 Å². The highest BCUT2D eigenvalue weighted by atomic mass is 32.2.